The topological polar surface area (TPSA) is 56.2 Å². The van der Waals surface area contributed by atoms with Crippen LogP contribution < -0.4 is 0 Å². The Kier molecular flexibility index (Phi) is 5.32. The van der Waals surface area contributed by atoms with E-state index in [1.807, 2.05) is 30.3 Å². The fourth-order valence-electron chi connectivity index (χ4n) is 8.13. The molecule has 0 N–H and O–H groups in total. The Morgan fingerprint density at radius 2 is 1.27 bits per heavy atom. The van der Waals surface area contributed by atoms with E-state index in [4.69, 9.17) is 19.4 Å². The van der Waals surface area contributed by atoms with Crippen molar-refractivity contribution < 1.29 is 4.42 Å². The highest BCUT2D eigenvalue weighted by atomic mass is 32.1. The largest absolute Gasteiger partial charge is 0.435 e. The standard InChI is InChI=1S/C45H24N4OS/c1-2-11-25(12-3-1)45-47-35-24-32-27-13-5-8-19-36(27)49-37-22-21-26(23-33(37)39(41(32)49)42(35)50-45)40-30-15-4-7-18-34(30)46-44(48-40)31-17-10-16-29-28-14-6-9-20-38(28)51-43(29)31/h1-24H. The highest BCUT2D eigenvalue weighted by molar-refractivity contribution is 7.26. The molecule has 0 saturated heterocycles. The van der Waals surface area contributed by atoms with Gasteiger partial charge in [0, 0.05) is 58.4 Å². The van der Waals surface area contributed by atoms with Gasteiger partial charge in [0.25, 0.3) is 0 Å². The maximum atomic E-state index is 6.68. The number of benzene rings is 7. The minimum Gasteiger partial charge on any atom is -0.435 e. The van der Waals surface area contributed by atoms with E-state index in [1.165, 1.54) is 36.5 Å². The molecule has 6 heteroatoms. The van der Waals surface area contributed by atoms with Crippen LogP contribution >= 0.6 is 11.3 Å². The van der Waals surface area contributed by atoms with Crippen LogP contribution in [0, 0.1) is 0 Å². The van der Waals surface area contributed by atoms with Gasteiger partial charge in [-0.15, -0.1) is 11.3 Å². The van der Waals surface area contributed by atoms with Gasteiger partial charge >= 0.3 is 0 Å². The molecule has 7 aromatic carbocycles. The number of hydrogen-bond donors (Lipinski definition) is 0. The van der Waals surface area contributed by atoms with E-state index >= 15 is 0 Å². The molecule has 0 spiro atoms. The molecule has 0 bridgehead atoms. The van der Waals surface area contributed by atoms with Crippen molar-refractivity contribution in [3.63, 3.8) is 0 Å². The third kappa shape index (κ3) is 3.71. The van der Waals surface area contributed by atoms with Crippen molar-refractivity contribution in [1.29, 1.82) is 0 Å². The minimum absolute atomic E-state index is 0.622. The molecule has 0 aliphatic carbocycles. The van der Waals surface area contributed by atoms with Gasteiger partial charge in [-0.3, -0.25) is 0 Å². The zero-order chi connectivity index (χ0) is 33.2. The quantitative estimate of drug-likeness (QED) is 0.188. The maximum Gasteiger partial charge on any atom is 0.227 e. The molecule has 0 aliphatic heterocycles. The highest BCUT2D eigenvalue weighted by Gasteiger charge is 2.24. The molecule has 0 radical (unpaired) electrons. The molecule has 0 amide bonds. The summed E-state index contributed by atoms with van der Waals surface area (Å²) in [4.78, 5) is 15.6. The van der Waals surface area contributed by atoms with Crippen LogP contribution in [0.5, 0.6) is 0 Å². The van der Waals surface area contributed by atoms with Crippen molar-refractivity contribution in [3.8, 4) is 34.1 Å². The fourth-order valence-corrected chi connectivity index (χ4v) is 9.35. The molecule has 236 valence electrons. The lowest BCUT2D eigenvalue weighted by atomic mass is 10.0. The summed E-state index contributed by atoms with van der Waals surface area (Å²) in [6.45, 7) is 0. The Hall–Kier alpha value is -6.63. The van der Waals surface area contributed by atoms with E-state index < -0.39 is 0 Å². The molecule has 12 rings (SSSR count). The van der Waals surface area contributed by atoms with Gasteiger partial charge < -0.3 is 8.82 Å². The van der Waals surface area contributed by atoms with Crippen LogP contribution in [0.3, 0.4) is 0 Å². The number of fused-ring (bicyclic) bond motifs is 12. The summed E-state index contributed by atoms with van der Waals surface area (Å²) in [5.41, 5.74) is 9.95. The highest BCUT2D eigenvalue weighted by Crippen LogP contribution is 2.45. The number of aromatic nitrogens is 4. The first kappa shape index (κ1) is 27.2. The number of para-hydroxylation sites is 2. The van der Waals surface area contributed by atoms with Gasteiger partial charge in [0.05, 0.1) is 33.1 Å². The molecule has 0 unspecified atom stereocenters. The molecule has 51 heavy (non-hydrogen) atoms. The normalized spacial score (nSPS) is 12.3. The predicted octanol–water partition coefficient (Wildman–Crippen LogP) is 12.3. The summed E-state index contributed by atoms with van der Waals surface area (Å²) in [6, 6.07) is 51.1. The van der Waals surface area contributed by atoms with Crippen molar-refractivity contribution in [1.82, 2.24) is 19.4 Å². The second-order valence-electron chi connectivity index (χ2n) is 13.2. The predicted molar refractivity (Wildman–Crippen MR) is 211 cm³/mol. The van der Waals surface area contributed by atoms with Crippen molar-refractivity contribution in [2.45, 2.75) is 0 Å². The zero-order valence-corrected chi connectivity index (χ0v) is 27.8. The van der Waals surface area contributed by atoms with Crippen LogP contribution in [0.4, 0.5) is 0 Å². The van der Waals surface area contributed by atoms with Crippen molar-refractivity contribution in [3.05, 3.63) is 146 Å². The van der Waals surface area contributed by atoms with Gasteiger partial charge in [0.2, 0.25) is 5.89 Å². The number of nitrogens with zero attached hydrogens (tertiary/aromatic N) is 4. The molecule has 0 saturated carbocycles. The number of hydrogen-bond acceptors (Lipinski definition) is 5. The van der Waals surface area contributed by atoms with E-state index in [9.17, 15) is 0 Å². The van der Waals surface area contributed by atoms with Gasteiger partial charge in [-0.2, -0.15) is 0 Å². The lowest BCUT2D eigenvalue weighted by molar-refractivity contribution is 0.623. The van der Waals surface area contributed by atoms with Crippen LogP contribution in [0.1, 0.15) is 0 Å². The molecule has 12 aromatic rings. The first-order valence-corrected chi connectivity index (χ1v) is 17.8. The molecule has 0 aliphatic rings. The van der Waals surface area contributed by atoms with E-state index in [0.29, 0.717) is 5.89 Å². The first-order chi connectivity index (χ1) is 25.3. The molecule has 5 heterocycles. The summed E-state index contributed by atoms with van der Waals surface area (Å²) in [6.07, 6.45) is 0. The molecular weight excluding hydrogens is 645 g/mol. The van der Waals surface area contributed by atoms with Crippen molar-refractivity contribution in [2.75, 3.05) is 0 Å². The zero-order valence-electron chi connectivity index (χ0n) is 27.0. The van der Waals surface area contributed by atoms with Gasteiger partial charge in [-0.25, -0.2) is 15.0 Å². The summed E-state index contributed by atoms with van der Waals surface area (Å²) >= 11 is 1.80. The number of oxazole rings is 1. The van der Waals surface area contributed by atoms with Crippen molar-refractivity contribution >= 4 is 91.6 Å². The minimum atomic E-state index is 0.622. The summed E-state index contributed by atoms with van der Waals surface area (Å²) in [7, 11) is 0. The van der Waals surface area contributed by atoms with Gasteiger partial charge in [-0.1, -0.05) is 91.0 Å². The Balaban J connectivity index is 1.16. The van der Waals surface area contributed by atoms with Gasteiger partial charge in [0.1, 0.15) is 5.52 Å². The fraction of sp³-hybridized carbons (Fsp3) is 0. The summed E-state index contributed by atoms with van der Waals surface area (Å²) < 4.78 is 11.5. The van der Waals surface area contributed by atoms with Crippen LogP contribution in [0.2, 0.25) is 0 Å². The van der Waals surface area contributed by atoms with E-state index in [2.05, 4.69) is 120 Å². The average Bonchev–Trinajstić information content (AvgIpc) is 3.95. The smallest absolute Gasteiger partial charge is 0.227 e. The van der Waals surface area contributed by atoms with Gasteiger partial charge in [-0.05, 0) is 54.6 Å². The Morgan fingerprint density at radius 3 is 2.20 bits per heavy atom. The Labute approximate surface area is 294 Å². The van der Waals surface area contributed by atoms with Gasteiger partial charge in [0.15, 0.2) is 11.4 Å². The monoisotopic (exact) mass is 668 g/mol. The van der Waals surface area contributed by atoms with E-state index in [-0.39, 0.29) is 0 Å². The Bertz CT molecular complexity index is 3370. The molecular formula is C45H24N4OS. The number of thiophene rings is 1. The van der Waals surface area contributed by atoms with Crippen LogP contribution in [-0.4, -0.2) is 19.4 Å². The molecule has 0 fully saturated rings. The maximum absolute atomic E-state index is 6.68. The molecule has 5 nitrogen and oxygen atoms in total. The van der Waals surface area contributed by atoms with E-state index in [0.717, 1.165) is 72.0 Å². The summed E-state index contributed by atoms with van der Waals surface area (Å²) in [5, 5.41) is 8.06. The third-order valence-electron chi connectivity index (χ3n) is 10.4. The SMILES string of the molecule is c1ccc(-c2nc3cc4c5ccccc5n5c6ccc(-c7nc(-c8cccc9c8sc8ccccc89)nc8ccccc78)cc6c(c3o2)c45)cc1. The van der Waals surface area contributed by atoms with E-state index in [1.54, 1.807) is 11.3 Å². The molecule has 5 aromatic heterocycles. The first-order valence-electron chi connectivity index (χ1n) is 17.0. The van der Waals surface area contributed by atoms with Crippen LogP contribution in [0.25, 0.3) is 114 Å². The lowest BCUT2D eigenvalue weighted by Crippen LogP contribution is -1.95. The van der Waals surface area contributed by atoms with Crippen LogP contribution in [0.15, 0.2) is 150 Å². The molecule has 0 atom stereocenters. The third-order valence-corrected chi connectivity index (χ3v) is 11.6. The second-order valence-corrected chi connectivity index (χ2v) is 14.2. The second kappa shape index (κ2) is 9.97. The number of rotatable bonds is 3. The van der Waals surface area contributed by atoms with Crippen molar-refractivity contribution in [2.24, 2.45) is 0 Å². The summed E-state index contributed by atoms with van der Waals surface area (Å²) in [5.74, 6) is 1.35. The Morgan fingerprint density at radius 1 is 0.510 bits per heavy atom. The van der Waals surface area contributed by atoms with Crippen LogP contribution in [-0.2, 0) is 0 Å². The lowest BCUT2D eigenvalue weighted by Gasteiger charge is -2.10. The average molecular weight is 669 g/mol.